The van der Waals surface area contributed by atoms with E-state index in [0.29, 0.717) is 5.88 Å². The van der Waals surface area contributed by atoms with E-state index in [-0.39, 0.29) is 0 Å². The van der Waals surface area contributed by atoms with Gasteiger partial charge in [-0.2, -0.15) is 0 Å². The van der Waals surface area contributed by atoms with Crippen molar-refractivity contribution in [2.24, 2.45) is 0 Å². The third kappa shape index (κ3) is 1.09. The zero-order chi connectivity index (χ0) is 8.39. The number of rotatable bonds is 1. The molecule has 0 atom stereocenters. The molecule has 0 aliphatic rings. The van der Waals surface area contributed by atoms with Crippen molar-refractivity contribution in [3.05, 3.63) is 30.5 Å². The van der Waals surface area contributed by atoms with Gasteiger partial charge in [-0.25, -0.2) is 4.98 Å². The van der Waals surface area contributed by atoms with Crippen molar-refractivity contribution < 1.29 is 4.74 Å². The van der Waals surface area contributed by atoms with Gasteiger partial charge in [0.05, 0.1) is 18.1 Å². The first-order valence-corrected chi connectivity index (χ1v) is 3.66. The number of nitrogens with zero attached hydrogens (tertiary/aromatic N) is 2. The van der Waals surface area contributed by atoms with Crippen LogP contribution in [0.4, 0.5) is 0 Å². The van der Waals surface area contributed by atoms with Gasteiger partial charge in [-0.1, -0.05) is 0 Å². The molecule has 0 fully saturated rings. The molecule has 2 rings (SSSR count). The van der Waals surface area contributed by atoms with E-state index < -0.39 is 0 Å². The molecule has 0 spiro atoms. The van der Waals surface area contributed by atoms with Crippen LogP contribution in [0.5, 0.6) is 5.88 Å². The fourth-order valence-electron chi connectivity index (χ4n) is 1.05. The van der Waals surface area contributed by atoms with Crippen molar-refractivity contribution in [2.75, 3.05) is 7.11 Å². The first-order chi connectivity index (χ1) is 5.90. The smallest absolute Gasteiger partial charge is 0.213 e. The maximum atomic E-state index is 4.98. The quantitative estimate of drug-likeness (QED) is 0.636. The number of fused-ring (bicyclic) bond motifs is 1. The zero-order valence-corrected chi connectivity index (χ0v) is 6.69. The Morgan fingerprint density at radius 1 is 1.17 bits per heavy atom. The fourth-order valence-corrected chi connectivity index (χ4v) is 1.05. The number of ether oxygens (including phenoxy) is 1. The van der Waals surface area contributed by atoms with Crippen LogP contribution in [0.15, 0.2) is 30.5 Å². The standard InChI is InChI=1S/C9H8N2O/c1-12-9-5-4-7-8(11-9)3-2-6-10-7/h2-6H,1H3. The summed E-state index contributed by atoms with van der Waals surface area (Å²) in [5.74, 6) is 0.621. The summed E-state index contributed by atoms with van der Waals surface area (Å²) in [6.07, 6.45) is 1.75. The molecule has 0 aromatic carbocycles. The largest absolute Gasteiger partial charge is 0.481 e. The molecule has 2 aromatic rings. The summed E-state index contributed by atoms with van der Waals surface area (Å²) in [7, 11) is 1.60. The molecular formula is C9H8N2O. The molecule has 0 radical (unpaired) electrons. The van der Waals surface area contributed by atoms with E-state index >= 15 is 0 Å². The minimum absolute atomic E-state index is 0.621. The average molecular weight is 160 g/mol. The van der Waals surface area contributed by atoms with Crippen molar-refractivity contribution >= 4 is 11.0 Å². The first-order valence-electron chi connectivity index (χ1n) is 3.66. The van der Waals surface area contributed by atoms with Gasteiger partial charge in [-0.3, -0.25) is 4.98 Å². The monoisotopic (exact) mass is 160 g/mol. The Labute approximate surface area is 70.0 Å². The van der Waals surface area contributed by atoms with E-state index in [1.54, 1.807) is 19.4 Å². The van der Waals surface area contributed by atoms with Crippen molar-refractivity contribution in [3.8, 4) is 5.88 Å². The van der Waals surface area contributed by atoms with Gasteiger partial charge in [0.2, 0.25) is 5.88 Å². The summed E-state index contributed by atoms with van der Waals surface area (Å²) in [6.45, 7) is 0. The third-order valence-electron chi connectivity index (χ3n) is 1.64. The van der Waals surface area contributed by atoms with Crippen LogP contribution in [0.2, 0.25) is 0 Å². The van der Waals surface area contributed by atoms with E-state index in [0.717, 1.165) is 11.0 Å². The normalized spacial score (nSPS) is 10.1. The summed E-state index contributed by atoms with van der Waals surface area (Å²) < 4.78 is 4.98. The number of pyridine rings is 2. The van der Waals surface area contributed by atoms with Gasteiger partial charge in [0, 0.05) is 12.3 Å². The van der Waals surface area contributed by atoms with Crippen molar-refractivity contribution in [3.63, 3.8) is 0 Å². The second-order valence-electron chi connectivity index (χ2n) is 2.40. The summed E-state index contributed by atoms with van der Waals surface area (Å²) in [5, 5.41) is 0. The van der Waals surface area contributed by atoms with Crippen molar-refractivity contribution in [1.29, 1.82) is 0 Å². The summed E-state index contributed by atoms with van der Waals surface area (Å²) in [4.78, 5) is 8.35. The maximum absolute atomic E-state index is 4.98. The third-order valence-corrected chi connectivity index (χ3v) is 1.64. The number of aromatic nitrogens is 2. The highest BCUT2D eigenvalue weighted by atomic mass is 16.5. The Kier molecular flexibility index (Phi) is 1.63. The van der Waals surface area contributed by atoms with Gasteiger partial charge in [0.1, 0.15) is 0 Å². The van der Waals surface area contributed by atoms with Crippen LogP contribution in [0.3, 0.4) is 0 Å². The summed E-state index contributed by atoms with van der Waals surface area (Å²) in [5.41, 5.74) is 1.75. The summed E-state index contributed by atoms with van der Waals surface area (Å²) >= 11 is 0. The Balaban J connectivity index is 2.67. The number of hydrogen-bond acceptors (Lipinski definition) is 3. The minimum Gasteiger partial charge on any atom is -0.481 e. The molecule has 60 valence electrons. The number of methoxy groups -OCH3 is 1. The lowest BCUT2D eigenvalue weighted by atomic mass is 10.3. The fraction of sp³-hybridized carbons (Fsp3) is 0.111. The van der Waals surface area contributed by atoms with E-state index in [2.05, 4.69) is 9.97 Å². The number of hydrogen-bond donors (Lipinski definition) is 0. The van der Waals surface area contributed by atoms with Gasteiger partial charge >= 0.3 is 0 Å². The Hall–Kier alpha value is -1.64. The molecule has 0 bridgehead atoms. The molecule has 0 N–H and O–H groups in total. The molecule has 0 saturated heterocycles. The van der Waals surface area contributed by atoms with Crippen LogP contribution < -0.4 is 4.74 Å². The molecule has 0 unspecified atom stereocenters. The topological polar surface area (TPSA) is 35.0 Å². The lowest BCUT2D eigenvalue weighted by molar-refractivity contribution is 0.399. The molecule has 0 aliphatic heterocycles. The highest BCUT2D eigenvalue weighted by molar-refractivity contribution is 5.74. The van der Waals surface area contributed by atoms with Crippen LogP contribution in [0.1, 0.15) is 0 Å². The molecule has 0 saturated carbocycles. The highest BCUT2D eigenvalue weighted by Crippen LogP contribution is 2.12. The van der Waals surface area contributed by atoms with E-state index in [9.17, 15) is 0 Å². The molecule has 0 aliphatic carbocycles. The van der Waals surface area contributed by atoms with E-state index in [1.807, 2.05) is 18.2 Å². The Morgan fingerprint density at radius 2 is 2.08 bits per heavy atom. The predicted octanol–water partition coefficient (Wildman–Crippen LogP) is 1.64. The molecule has 3 heteroatoms. The van der Waals surface area contributed by atoms with Gasteiger partial charge in [0.15, 0.2) is 0 Å². The second-order valence-corrected chi connectivity index (χ2v) is 2.40. The molecule has 3 nitrogen and oxygen atoms in total. The summed E-state index contributed by atoms with van der Waals surface area (Å²) in [6, 6.07) is 7.45. The predicted molar refractivity (Wildman–Crippen MR) is 46.1 cm³/mol. The minimum atomic E-state index is 0.621. The lowest BCUT2D eigenvalue weighted by Gasteiger charge is -1.99. The lowest BCUT2D eigenvalue weighted by Crippen LogP contribution is -1.88. The van der Waals surface area contributed by atoms with Crippen molar-refractivity contribution in [1.82, 2.24) is 9.97 Å². The van der Waals surface area contributed by atoms with Gasteiger partial charge in [-0.05, 0) is 18.2 Å². The van der Waals surface area contributed by atoms with Crippen LogP contribution in [0, 0.1) is 0 Å². The Morgan fingerprint density at radius 3 is 2.92 bits per heavy atom. The first kappa shape index (κ1) is 7.03. The second kappa shape index (κ2) is 2.77. The van der Waals surface area contributed by atoms with Crippen LogP contribution in [-0.4, -0.2) is 17.1 Å². The van der Waals surface area contributed by atoms with Crippen LogP contribution in [0.25, 0.3) is 11.0 Å². The van der Waals surface area contributed by atoms with E-state index in [1.165, 1.54) is 0 Å². The van der Waals surface area contributed by atoms with Gasteiger partial charge < -0.3 is 4.74 Å². The van der Waals surface area contributed by atoms with Crippen LogP contribution >= 0.6 is 0 Å². The van der Waals surface area contributed by atoms with Crippen molar-refractivity contribution in [2.45, 2.75) is 0 Å². The molecule has 2 heterocycles. The SMILES string of the molecule is COc1ccc2ncccc2n1. The maximum Gasteiger partial charge on any atom is 0.213 e. The van der Waals surface area contributed by atoms with Crippen LogP contribution in [-0.2, 0) is 0 Å². The van der Waals surface area contributed by atoms with Gasteiger partial charge in [0.25, 0.3) is 0 Å². The molecular weight excluding hydrogens is 152 g/mol. The Bertz CT molecular complexity index is 400. The zero-order valence-electron chi connectivity index (χ0n) is 6.69. The average Bonchev–Trinajstić information content (AvgIpc) is 2.17. The van der Waals surface area contributed by atoms with E-state index in [4.69, 9.17) is 4.74 Å². The highest BCUT2D eigenvalue weighted by Gasteiger charge is 1.96. The molecule has 12 heavy (non-hydrogen) atoms. The molecule has 2 aromatic heterocycles. The molecule has 0 amide bonds. The van der Waals surface area contributed by atoms with Gasteiger partial charge in [-0.15, -0.1) is 0 Å².